The SMILES string of the molecule is CC(=N)NCc1nc2cnc3c(ccn3S(=O)(=O)c3ccccc3)c2n1[C@H]1CC[C@H](CC#N)CC1. The Kier molecular flexibility index (Phi) is 6.03. The van der Waals surface area contributed by atoms with Gasteiger partial charge in [-0.15, -0.1) is 0 Å². The van der Waals surface area contributed by atoms with Gasteiger partial charge in [-0.3, -0.25) is 5.41 Å². The van der Waals surface area contributed by atoms with E-state index in [9.17, 15) is 8.42 Å². The molecule has 1 fully saturated rings. The molecule has 35 heavy (non-hydrogen) atoms. The van der Waals surface area contributed by atoms with Gasteiger partial charge in [0, 0.05) is 24.0 Å². The summed E-state index contributed by atoms with van der Waals surface area (Å²) in [4.78, 5) is 9.53. The molecule has 0 radical (unpaired) electrons. The van der Waals surface area contributed by atoms with E-state index in [1.807, 2.05) is 0 Å². The largest absolute Gasteiger partial charge is 0.367 e. The van der Waals surface area contributed by atoms with Crippen LogP contribution >= 0.6 is 0 Å². The van der Waals surface area contributed by atoms with Crippen molar-refractivity contribution in [2.45, 2.75) is 56.5 Å². The number of aromatic nitrogens is 4. The molecule has 1 saturated carbocycles. The quantitative estimate of drug-likeness (QED) is 0.306. The number of amidine groups is 1. The highest BCUT2D eigenvalue weighted by molar-refractivity contribution is 7.90. The van der Waals surface area contributed by atoms with Crippen LogP contribution in [0.25, 0.3) is 22.1 Å². The van der Waals surface area contributed by atoms with Crippen LogP contribution in [0.3, 0.4) is 0 Å². The van der Waals surface area contributed by atoms with Gasteiger partial charge in [-0.1, -0.05) is 18.2 Å². The number of nitrogens with one attached hydrogen (secondary N) is 2. The number of nitrogens with zero attached hydrogens (tertiary/aromatic N) is 5. The number of fused-ring (bicyclic) bond motifs is 3. The van der Waals surface area contributed by atoms with E-state index in [1.54, 1.807) is 55.7 Å². The van der Waals surface area contributed by atoms with Gasteiger partial charge in [0.25, 0.3) is 10.0 Å². The fourth-order valence-electron chi connectivity index (χ4n) is 5.06. The molecule has 0 aliphatic heterocycles. The maximum atomic E-state index is 13.4. The molecule has 3 aromatic heterocycles. The second-order valence-electron chi connectivity index (χ2n) is 9.07. The number of pyridine rings is 1. The third-order valence-corrected chi connectivity index (χ3v) is 8.46. The fraction of sp³-hybridized carbons (Fsp3) is 0.360. The predicted octanol–water partition coefficient (Wildman–Crippen LogP) is 4.35. The number of rotatable bonds is 6. The zero-order valence-electron chi connectivity index (χ0n) is 19.5. The van der Waals surface area contributed by atoms with Crippen molar-refractivity contribution in [1.82, 2.24) is 23.8 Å². The first kappa shape index (κ1) is 23.1. The molecule has 0 atom stereocenters. The maximum absolute atomic E-state index is 13.4. The van der Waals surface area contributed by atoms with Crippen LogP contribution in [0.2, 0.25) is 0 Å². The van der Waals surface area contributed by atoms with Crippen LogP contribution in [0.4, 0.5) is 0 Å². The Labute approximate surface area is 204 Å². The molecule has 0 unspecified atom stereocenters. The summed E-state index contributed by atoms with van der Waals surface area (Å²) in [6, 6.07) is 12.6. The molecular formula is C25H27N7O2S. The summed E-state index contributed by atoms with van der Waals surface area (Å²) < 4.78 is 30.1. The summed E-state index contributed by atoms with van der Waals surface area (Å²) in [7, 11) is -3.80. The van der Waals surface area contributed by atoms with Crippen molar-refractivity contribution in [2.75, 3.05) is 0 Å². The van der Waals surface area contributed by atoms with Crippen molar-refractivity contribution in [3.63, 3.8) is 0 Å². The van der Waals surface area contributed by atoms with Gasteiger partial charge < -0.3 is 9.88 Å². The van der Waals surface area contributed by atoms with Crippen molar-refractivity contribution in [3.8, 4) is 6.07 Å². The first-order valence-electron chi connectivity index (χ1n) is 11.7. The Morgan fingerprint density at radius 1 is 1.20 bits per heavy atom. The third-order valence-electron chi connectivity index (χ3n) is 6.77. The summed E-state index contributed by atoms with van der Waals surface area (Å²) in [6.45, 7) is 2.08. The van der Waals surface area contributed by atoms with Crippen LogP contribution in [-0.2, 0) is 16.6 Å². The monoisotopic (exact) mass is 489 g/mol. The highest BCUT2D eigenvalue weighted by Gasteiger charge is 2.28. The molecule has 1 aromatic carbocycles. The van der Waals surface area contributed by atoms with Gasteiger partial charge in [-0.2, -0.15) is 5.26 Å². The van der Waals surface area contributed by atoms with Crippen molar-refractivity contribution in [1.29, 1.82) is 10.7 Å². The van der Waals surface area contributed by atoms with Crippen LogP contribution < -0.4 is 5.32 Å². The topological polar surface area (TPSA) is 129 Å². The normalized spacial score (nSPS) is 18.5. The van der Waals surface area contributed by atoms with Gasteiger partial charge in [0.2, 0.25) is 0 Å². The van der Waals surface area contributed by atoms with E-state index in [4.69, 9.17) is 15.7 Å². The predicted molar refractivity (Wildman–Crippen MR) is 134 cm³/mol. The lowest BCUT2D eigenvalue weighted by Crippen LogP contribution is -2.24. The zero-order chi connectivity index (χ0) is 24.6. The molecule has 3 heterocycles. The van der Waals surface area contributed by atoms with Crippen LogP contribution in [0.1, 0.15) is 50.9 Å². The first-order valence-corrected chi connectivity index (χ1v) is 13.2. The minimum absolute atomic E-state index is 0.178. The number of nitriles is 1. The van der Waals surface area contributed by atoms with E-state index in [0.29, 0.717) is 35.9 Å². The van der Waals surface area contributed by atoms with Gasteiger partial charge in [0.05, 0.1) is 35.1 Å². The van der Waals surface area contributed by atoms with Crippen molar-refractivity contribution >= 4 is 37.9 Å². The minimum atomic E-state index is -3.80. The third kappa shape index (κ3) is 4.17. The van der Waals surface area contributed by atoms with E-state index in [2.05, 4.69) is 20.9 Å². The number of hydrogen-bond acceptors (Lipinski definition) is 6. The standard InChI is InChI=1S/C25H27N7O2S/c1-17(27)28-16-23-30-22-15-29-25-21(12-14-31(25)35(33,34)20-5-3-2-4-6-20)24(22)32(23)19-9-7-18(8-10-19)11-13-26/h2-6,12,14-15,18-19H,7-11,16H2,1H3,(H2,27,28)/t18-,19-. The second kappa shape index (κ2) is 9.15. The van der Waals surface area contributed by atoms with Crippen molar-refractivity contribution < 1.29 is 8.42 Å². The Morgan fingerprint density at radius 3 is 2.63 bits per heavy atom. The van der Waals surface area contributed by atoms with Crippen molar-refractivity contribution in [2.24, 2.45) is 5.92 Å². The molecule has 0 saturated heterocycles. The molecule has 2 N–H and O–H groups in total. The Bertz CT molecular complexity index is 1540. The average Bonchev–Trinajstić information content (AvgIpc) is 3.46. The molecule has 180 valence electrons. The van der Waals surface area contributed by atoms with Crippen LogP contribution in [0.5, 0.6) is 0 Å². The molecule has 0 spiro atoms. The number of imidazole rings is 1. The Morgan fingerprint density at radius 2 is 1.94 bits per heavy atom. The van der Waals surface area contributed by atoms with E-state index >= 15 is 0 Å². The minimum Gasteiger partial charge on any atom is -0.367 e. The zero-order valence-corrected chi connectivity index (χ0v) is 20.3. The highest BCUT2D eigenvalue weighted by Crippen LogP contribution is 2.38. The van der Waals surface area contributed by atoms with Gasteiger partial charge in [-0.25, -0.2) is 22.4 Å². The molecule has 1 aliphatic carbocycles. The average molecular weight is 490 g/mol. The van der Waals surface area contributed by atoms with E-state index in [0.717, 1.165) is 42.4 Å². The van der Waals surface area contributed by atoms with Gasteiger partial charge in [0.1, 0.15) is 11.3 Å². The lowest BCUT2D eigenvalue weighted by molar-refractivity contribution is 0.277. The van der Waals surface area contributed by atoms with Gasteiger partial charge >= 0.3 is 0 Å². The molecule has 0 bridgehead atoms. The number of hydrogen-bond donors (Lipinski definition) is 2. The molecule has 1 aliphatic rings. The van der Waals surface area contributed by atoms with E-state index < -0.39 is 10.0 Å². The van der Waals surface area contributed by atoms with E-state index in [-0.39, 0.29) is 10.9 Å². The van der Waals surface area contributed by atoms with Gasteiger partial charge in [0.15, 0.2) is 5.65 Å². The van der Waals surface area contributed by atoms with Crippen LogP contribution in [-0.4, -0.2) is 32.8 Å². The smallest absolute Gasteiger partial charge is 0.269 e. The molecular weight excluding hydrogens is 462 g/mol. The van der Waals surface area contributed by atoms with Crippen LogP contribution in [0, 0.1) is 22.7 Å². The summed E-state index contributed by atoms with van der Waals surface area (Å²) in [5, 5.41) is 20.7. The summed E-state index contributed by atoms with van der Waals surface area (Å²) in [6.07, 6.45) is 7.53. The molecule has 0 amide bonds. The van der Waals surface area contributed by atoms with Gasteiger partial charge in [-0.05, 0) is 56.7 Å². The Hall–Kier alpha value is -3.71. The van der Waals surface area contributed by atoms with E-state index in [1.165, 1.54) is 3.97 Å². The molecule has 5 rings (SSSR count). The second-order valence-corrected chi connectivity index (χ2v) is 10.9. The molecule has 10 heteroatoms. The summed E-state index contributed by atoms with van der Waals surface area (Å²) >= 11 is 0. The van der Waals surface area contributed by atoms with Crippen LogP contribution in [0.15, 0.2) is 53.7 Å². The highest BCUT2D eigenvalue weighted by atomic mass is 32.2. The summed E-state index contributed by atoms with van der Waals surface area (Å²) in [5.41, 5.74) is 1.93. The number of benzene rings is 1. The summed E-state index contributed by atoms with van der Waals surface area (Å²) in [5.74, 6) is 1.56. The Balaban J connectivity index is 1.65. The first-order chi connectivity index (χ1) is 16.9. The lowest BCUT2D eigenvalue weighted by Gasteiger charge is -2.30. The maximum Gasteiger partial charge on any atom is 0.269 e. The molecule has 4 aromatic rings. The molecule has 9 nitrogen and oxygen atoms in total. The van der Waals surface area contributed by atoms with Crippen molar-refractivity contribution in [3.05, 3.63) is 54.6 Å². The lowest BCUT2D eigenvalue weighted by atomic mass is 9.84. The fourth-order valence-corrected chi connectivity index (χ4v) is 6.38.